The van der Waals surface area contributed by atoms with Crippen molar-refractivity contribution in [3.05, 3.63) is 34.3 Å². The quantitative estimate of drug-likeness (QED) is 0.687. The van der Waals surface area contributed by atoms with E-state index in [9.17, 15) is 9.59 Å². The number of nitrogens with one attached hydrogen (secondary N) is 2. The Kier molecular flexibility index (Phi) is 5.97. The van der Waals surface area contributed by atoms with E-state index in [-0.39, 0.29) is 30.3 Å². The van der Waals surface area contributed by atoms with Crippen molar-refractivity contribution in [3.63, 3.8) is 0 Å². The lowest BCUT2D eigenvalue weighted by molar-refractivity contribution is -0.122. The lowest BCUT2D eigenvalue weighted by Gasteiger charge is -2.19. The van der Waals surface area contributed by atoms with Gasteiger partial charge in [-0.1, -0.05) is 28.1 Å². The van der Waals surface area contributed by atoms with Gasteiger partial charge in [0.15, 0.2) is 0 Å². The molecule has 2 unspecified atom stereocenters. The number of halogens is 1. The summed E-state index contributed by atoms with van der Waals surface area (Å²) >= 11 is 3.38. The van der Waals surface area contributed by atoms with Gasteiger partial charge < -0.3 is 16.4 Å². The minimum absolute atomic E-state index is 0.0378. The highest BCUT2D eigenvalue weighted by Crippen LogP contribution is 2.31. The molecule has 2 rings (SSSR count). The lowest BCUT2D eigenvalue weighted by Crippen LogP contribution is -2.40. The van der Waals surface area contributed by atoms with Crippen molar-refractivity contribution in [2.24, 2.45) is 11.7 Å². The van der Waals surface area contributed by atoms with Gasteiger partial charge in [-0.2, -0.15) is 0 Å². The van der Waals surface area contributed by atoms with Crippen LogP contribution < -0.4 is 16.4 Å². The minimum Gasteiger partial charge on any atom is -0.354 e. The summed E-state index contributed by atoms with van der Waals surface area (Å²) in [6.45, 7) is 1.95. The summed E-state index contributed by atoms with van der Waals surface area (Å²) in [6, 6.07) is 7.29. The molecule has 0 spiro atoms. The molecule has 22 heavy (non-hydrogen) atoms. The van der Waals surface area contributed by atoms with Crippen LogP contribution in [0.25, 0.3) is 0 Å². The molecule has 2 amide bonds. The number of rotatable bonds is 7. The van der Waals surface area contributed by atoms with Crippen LogP contribution in [0.5, 0.6) is 0 Å². The van der Waals surface area contributed by atoms with Crippen LogP contribution in [0.15, 0.2) is 28.7 Å². The summed E-state index contributed by atoms with van der Waals surface area (Å²) < 4.78 is 0.956. The van der Waals surface area contributed by atoms with Gasteiger partial charge in [0, 0.05) is 24.0 Å². The first kappa shape index (κ1) is 17.0. The summed E-state index contributed by atoms with van der Waals surface area (Å²) in [5.41, 5.74) is 6.88. The van der Waals surface area contributed by atoms with Gasteiger partial charge in [-0.15, -0.1) is 0 Å². The van der Waals surface area contributed by atoms with E-state index in [1.807, 2.05) is 24.3 Å². The summed E-state index contributed by atoms with van der Waals surface area (Å²) in [4.78, 5) is 23.5. The van der Waals surface area contributed by atoms with Gasteiger partial charge in [0.2, 0.25) is 11.8 Å². The average Bonchev–Trinajstić information content (AvgIpc) is 3.29. The third kappa shape index (κ3) is 5.42. The van der Waals surface area contributed by atoms with Gasteiger partial charge in [-0.25, -0.2) is 0 Å². The minimum atomic E-state index is -0.331. The van der Waals surface area contributed by atoms with E-state index in [1.54, 1.807) is 0 Å². The largest absolute Gasteiger partial charge is 0.354 e. The topological polar surface area (TPSA) is 84.2 Å². The first-order chi connectivity index (χ1) is 10.5. The predicted molar refractivity (Wildman–Crippen MR) is 89.0 cm³/mol. The number of carbonyl (C=O) groups is 2. The van der Waals surface area contributed by atoms with Crippen LogP contribution in [-0.2, 0) is 9.59 Å². The molecule has 0 saturated heterocycles. The van der Waals surface area contributed by atoms with Crippen molar-refractivity contribution in [2.75, 3.05) is 6.54 Å². The maximum absolute atomic E-state index is 12.1. The van der Waals surface area contributed by atoms with Crippen molar-refractivity contribution in [3.8, 4) is 0 Å². The third-order valence-electron chi connectivity index (χ3n) is 3.80. The second-order valence-electron chi connectivity index (χ2n) is 5.81. The van der Waals surface area contributed by atoms with E-state index in [4.69, 9.17) is 5.73 Å². The standard InChI is InChI=1S/C16H22BrN3O2/c1-10(21)20-15(12-4-6-13(17)7-5-12)8-16(22)19-9-14(18)11-2-3-11/h4-7,11,14-15H,2-3,8-9,18H2,1H3,(H,19,22)(H,20,21). The van der Waals surface area contributed by atoms with Gasteiger partial charge in [0.1, 0.15) is 0 Å². The number of amides is 2. The molecule has 0 radical (unpaired) electrons. The molecule has 1 aliphatic rings. The normalized spacial score (nSPS) is 16.7. The highest BCUT2D eigenvalue weighted by molar-refractivity contribution is 9.10. The van der Waals surface area contributed by atoms with Crippen molar-refractivity contribution >= 4 is 27.7 Å². The molecule has 0 aliphatic heterocycles. The SMILES string of the molecule is CC(=O)NC(CC(=O)NCC(N)C1CC1)c1ccc(Br)cc1. The van der Waals surface area contributed by atoms with Crippen LogP contribution in [0.2, 0.25) is 0 Å². The van der Waals surface area contributed by atoms with Crippen LogP contribution >= 0.6 is 15.9 Å². The van der Waals surface area contributed by atoms with E-state index in [1.165, 1.54) is 6.92 Å². The molecule has 5 nitrogen and oxygen atoms in total. The molecule has 1 aromatic carbocycles. The van der Waals surface area contributed by atoms with Crippen molar-refractivity contribution < 1.29 is 9.59 Å². The Hall–Kier alpha value is -1.40. The monoisotopic (exact) mass is 367 g/mol. The molecule has 2 atom stereocenters. The van der Waals surface area contributed by atoms with E-state index < -0.39 is 0 Å². The van der Waals surface area contributed by atoms with Crippen molar-refractivity contribution in [1.29, 1.82) is 0 Å². The zero-order valence-corrected chi connectivity index (χ0v) is 14.2. The molecule has 0 aromatic heterocycles. The number of hydrogen-bond donors (Lipinski definition) is 3. The molecule has 1 aromatic rings. The van der Waals surface area contributed by atoms with Gasteiger partial charge in [-0.05, 0) is 36.5 Å². The lowest BCUT2D eigenvalue weighted by atomic mass is 10.0. The number of carbonyl (C=O) groups excluding carboxylic acids is 2. The van der Waals surface area contributed by atoms with Gasteiger partial charge in [0.25, 0.3) is 0 Å². The van der Waals surface area contributed by atoms with Gasteiger partial charge in [0.05, 0.1) is 12.5 Å². The maximum atomic E-state index is 12.1. The Labute approximate surface area is 139 Å². The average molecular weight is 368 g/mol. The molecule has 1 aliphatic carbocycles. The molecular weight excluding hydrogens is 346 g/mol. The van der Waals surface area contributed by atoms with Gasteiger partial charge in [-0.3, -0.25) is 9.59 Å². The fraction of sp³-hybridized carbons (Fsp3) is 0.500. The smallest absolute Gasteiger partial charge is 0.222 e. The molecule has 1 saturated carbocycles. The second-order valence-corrected chi connectivity index (χ2v) is 6.73. The highest BCUT2D eigenvalue weighted by Gasteiger charge is 2.28. The number of hydrogen-bond acceptors (Lipinski definition) is 3. The summed E-state index contributed by atoms with van der Waals surface area (Å²) in [6.07, 6.45) is 2.52. The predicted octanol–water partition coefficient (Wildman–Crippen LogP) is 1.87. The fourth-order valence-corrected chi connectivity index (χ4v) is 2.64. The number of benzene rings is 1. The zero-order chi connectivity index (χ0) is 16.1. The molecule has 0 bridgehead atoms. The Bertz CT molecular complexity index is 529. The summed E-state index contributed by atoms with van der Waals surface area (Å²) in [5, 5.41) is 5.69. The van der Waals surface area contributed by atoms with Crippen LogP contribution in [-0.4, -0.2) is 24.4 Å². The first-order valence-electron chi connectivity index (χ1n) is 7.50. The highest BCUT2D eigenvalue weighted by atomic mass is 79.9. The third-order valence-corrected chi connectivity index (χ3v) is 4.33. The molecule has 6 heteroatoms. The van der Waals surface area contributed by atoms with Crippen LogP contribution in [0.3, 0.4) is 0 Å². The summed E-state index contributed by atoms with van der Waals surface area (Å²) in [7, 11) is 0. The van der Waals surface area contributed by atoms with Crippen LogP contribution in [0.4, 0.5) is 0 Å². The Morgan fingerprint density at radius 3 is 2.50 bits per heavy atom. The zero-order valence-electron chi connectivity index (χ0n) is 12.6. The van der Waals surface area contributed by atoms with E-state index in [2.05, 4.69) is 26.6 Å². The Morgan fingerprint density at radius 2 is 1.95 bits per heavy atom. The Balaban J connectivity index is 1.91. The molecule has 1 fully saturated rings. The van der Waals surface area contributed by atoms with E-state index in [0.29, 0.717) is 12.5 Å². The second kappa shape index (κ2) is 7.74. The van der Waals surface area contributed by atoms with Gasteiger partial charge >= 0.3 is 0 Å². The first-order valence-corrected chi connectivity index (χ1v) is 8.30. The van der Waals surface area contributed by atoms with E-state index in [0.717, 1.165) is 22.9 Å². The molecule has 4 N–H and O–H groups in total. The van der Waals surface area contributed by atoms with E-state index >= 15 is 0 Å². The molecule has 120 valence electrons. The molecule has 0 heterocycles. The van der Waals surface area contributed by atoms with Crippen molar-refractivity contribution in [1.82, 2.24) is 10.6 Å². The molecular formula is C16H22BrN3O2. The number of nitrogens with two attached hydrogens (primary N) is 1. The van der Waals surface area contributed by atoms with Crippen LogP contribution in [0, 0.1) is 5.92 Å². The summed E-state index contributed by atoms with van der Waals surface area (Å²) in [5.74, 6) is 0.297. The van der Waals surface area contributed by atoms with Crippen LogP contribution in [0.1, 0.15) is 37.8 Å². The van der Waals surface area contributed by atoms with Crippen molar-refractivity contribution in [2.45, 2.75) is 38.3 Å². The fourth-order valence-electron chi connectivity index (χ4n) is 2.37. The Morgan fingerprint density at radius 1 is 1.32 bits per heavy atom. The maximum Gasteiger partial charge on any atom is 0.222 e.